The number of amides is 2. The number of hydrogen-bond acceptors (Lipinski definition) is 3. The molecule has 0 unspecified atom stereocenters. The number of para-hydroxylation sites is 1. The molecule has 1 N–H and O–H groups in total. The maximum absolute atomic E-state index is 14.3. The summed E-state index contributed by atoms with van der Waals surface area (Å²) in [6.07, 6.45) is 6.59. The number of benzene rings is 1. The number of rotatable bonds is 4. The van der Waals surface area contributed by atoms with Crippen molar-refractivity contribution in [2.24, 2.45) is 0 Å². The van der Waals surface area contributed by atoms with Crippen molar-refractivity contribution in [2.45, 2.75) is 44.9 Å². The second-order valence-corrected chi connectivity index (χ2v) is 6.86. The second kappa shape index (κ2) is 8.32. The zero-order valence-electron chi connectivity index (χ0n) is 14.6. The molecule has 2 aliphatic rings. The lowest BCUT2D eigenvalue weighted by Gasteiger charge is -2.25. The zero-order valence-corrected chi connectivity index (χ0v) is 14.6. The van der Waals surface area contributed by atoms with Crippen LogP contribution >= 0.6 is 0 Å². The van der Waals surface area contributed by atoms with E-state index in [1.165, 1.54) is 6.07 Å². The number of anilines is 2. The van der Waals surface area contributed by atoms with Gasteiger partial charge in [0.15, 0.2) is 0 Å². The quantitative estimate of drug-likeness (QED) is 0.910. The van der Waals surface area contributed by atoms with E-state index in [9.17, 15) is 14.0 Å². The zero-order chi connectivity index (χ0) is 17.6. The maximum atomic E-state index is 14.3. The summed E-state index contributed by atoms with van der Waals surface area (Å²) >= 11 is 0. The lowest BCUT2D eigenvalue weighted by molar-refractivity contribution is -0.135. The predicted molar refractivity (Wildman–Crippen MR) is 96.1 cm³/mol. The van der Waals surface area contributed by atoms with Gasteiger partial charge in [-0.1, -0.05) is 18.9 Å². The first-order chi connectivity index (χ1) is 12.1. The van der Waals surface area contributed by atoms with Crippen LogP contribution in [0, 0.1) is 5.82 Å². The Labute approximate surface area is 148 Å². The van der Waals surface area contributed by atoms with Crippen molar-refractivity contribution in [2.75, 3.05) is 36.4 Å². The summed E-state index contributed by atoms with van der Waals surface area (Å²) in [5, 5.41) is 2.71. The van der Waals surface area contributed by atoms with Gasteiger partial charge in [0.1, 0.15) is 11.5 Å². The van der Waals surface area contributed by atoms with Crippen LogP contribution in [0.1, 0.15) is 44.9 Å². The monoisotopic (exact) mass is 347 g/mol. The van der Waals surface area contributed by atoms with Gasteiger partial charge in [-0.15, -0.1) is 0 Å². The van der Waals surface area contributed by atoms with Crippen LogP contribution in [0.5, 0.6) is 0 Å². The lowest BCUT2D eigenvalue weighted by atomic mass is 10.1. The fraction of sp³-hybridized carbons (Fsp3) is 0.579. The molecule has 2 fully saturated rings. The fourth-order valence-corrected chi connectivity index (χ4v) is 3.59. The summed E-state index contributed by atoms with van der Waals surface area (Å²) in [5.41, 5.74) is 0.957. The molecule has 136 valence electrons. The summed E-state index contributed by atoms with van der Waals surface area (Å²) < 4.78 is 14.3. The maximum Gasteiger partial charge on any atom is 0.244 e. The van der Waals surface area contributed by atoms with Crippen LogP contribution in [-0.4, -0.2) is 42.9 Å². The second-order valence-electron chi connectivity index (χ2n) is 6.86. The van der Waals surface area contributed by atoms with Gasteiger partial charge >= 0.3 is 0 Å². The molecule has 6 heteroatoms. The van der Waals surface area contributed by atoms with Crippen molar-refractivity contribution in [1.29, 1.82) is 0 Å². The molecule has 0 spiro atoms. The number of nitrogens with zero attached hydrogens (tertiary/aromatic N) is 2. The van der Waals surface area contributed by atoms with Crippen LogP contribution in [-0.2, 0) is 9.59 Å². The van der Waals surface area contributed by atoms with Crippen molar-refractivity contribution < 1.29 is 14.0 Å². The molecule has 1 aromatic carbocycles. The van der Waals surface area contributed by atoms with E-state index in [2.05, 4.69) is 10.2 Å². The van der Waals surface area contributed by atoms with E-state index < -0.39 is 5.82 Å². The highest BCUT2D eigenvalue weighted by Crippen LogP contribution is 2.31. The minimum absolute atomic E-state index is 0.00733. The average Bonchev–Trinajstić information content (AvgIpc) is 3.11. The van der Waals surface area contributed by atoms with E-state index in [0.717, 1.165) is 57.3 Å². The Bertz CT molecular complexity index is 629. The molecule has 5 nitrogen and oxygen atoms in total. The summed E-state index contributed by atoms with van der Waals surface area (Å²) in [4.78, 5) is 28.3. The Morgan fingerprint density at radius 1 is 1.04 bits per heavy atom. The van der Waals surface area contributed by atoms with E-state index in [0.29, 0.717) is 13.0 Å². The number of carbonyl (C=O) groups is 2. The Kier molecular flexibility index (Phi) is 5.89. The Morgan fingerprint density at radius 2 is 1.76 bits per heavy atom. The minimum Gasteiger partial charge on any atom is -0.370 e. The van der Waals surface area contributed by atoms with Gasteiger partial charge in [0.25, 0.3) is 0 Å². The van der Waals surface area contributed by atoms with Crippen molar-refractivity contribution >= 4 is 23.2 Å². The number of hydrogen-bond donors (Lipinski definition) is 1. The molecule has 2 amide bonds. The van der Waals surface area contributed by atoms with Gasteiger partial charge in [-0.2, -0.15) is 0 Å². The van der Waals surface area contributed by atoms with Crippen molar-refractivity contribution in [1.82, 2.24) is 4.90 Å². The van der Waals surface area contributed by atoms with Crippen LogP contribution < -0.4 is 10.2 Å². The van der Waals surface area contributed by atoms with E-state index in [1.807, 2.05) is 6.07 Å². The van der Waals surface area contributed by atoms with Gasteiger partial charge in [0.2, 0.25) is 11.8 Å². The van der Waals surface area contributed by atoms with Crippen LogP contribution in [0.15, 0.2) is 18.2 Å². The van der Waals surface area contributed by atoms with Gasteiger partial charge in [0, 0.05) is 26.1 Å². The molecular formula is C19H26FN3O2. The SMILES string of the molecule is O=C(CN1CCCCCCC1=O)Nc1c(F)cccc1N1CCCC1. The molecule has 2 saturated heterocycles. The Morgan fingerprint density at radius 3 is 2.56 bits per heavy atom. The third-order valence-corrected chi connectivity index (χ3v) is 4.96. The molecule has 2 aliphatic heterocycles. The first-order valence-corrected chi connectivity index (χ1v) is 9.26. The van der Waals surface area contributed by atoms with Gasteiger partial charge in [0.05, 0.1) is 12.2 Å². The van der Waals surface area contributed by atoms with E-state index >= 15 is 0 Å². The number of carbonyl (C=O) groups excluding carboxylic acids is 2. The third-order valence-electron chi connectivity index (χ3n) is 4.96. The summed E-state index contributed by atoms with van der Waals surface area (Å²) in [5.74, 6) is -0.751. The molecule has 25 heavy (non-hydrogen) atoms. The van der Waals surface area contributed by atoms with Crippen molar-refractivity contribution in [3.8, 4) is 0 Å². The molecule has 0 saturated carbocycles. The summed E-state index contributed by atoms with van der Waals surface area (Å²) in [6.45, 7) is 2.34. The van der Waals surface area contributed by atoms with Crippen molar-refractivity contribution in [3.63, 3.8) is 0 Å². The normalized spacial score (nSPS) is 18.8. The van der Waals surface area contributed by atoms with Crippen LogP contribution in [0.2, 0.25) is 0 Å². The van der Waals surface area contributed by atoms with E-state index in [1.54, 1.807) is 11.0 Å². The van der Waals surface area contributed by atoms with Crippen molar-refractivity contribution in [3.05, 3.63) is 24.0 Å². The topological polar surface area (TPSA) is 52.7 Å². The molecular weight excluding hydrogens is 321 g/mol. The molecule has 0 aromatic heterocycles. The standard InChI is InChI=1S/C19H26FN3O2/c20-15-8-7-9-16(22-11-5-6-12-22)19(15)21-17(24)14-23-13-4-2-1-3-10-18(23)25/h7-9H,1-6,10-14H2,(H,21,24). The summed E-state index contributed by atoms with van der Waals surface area (Å²) in [7, 11) is 0. The number of nitrogens with one attached hydrogen (secondary N) is 1. The Balaban J connectivity index is 1.69. The van der Waals surface area contributed by atoms with Gasteiger partial charge in [-0.25, -0.2) is 4.39 Å². The molecule has 0 radical (unpaired) electrons. The van der Waals surface area contributed by atoms with Crippen LogP contribution in [0.3, 0.4) is 0 Å². The van der Waals surface area contributed by atoms with Gasteiger partial charge in [-0.3, -0.25) is 9.59 Å². The summed E-state index contributed by atoms with van der Waals surface area (Å²) in [6, 6.07) is 4.86. The molecule has 0 atom stereocenters. The fourth-order valence-electron chi connectivity index (χ4n) is 3.59. The predicted octanol–water partition coefficient (Wildman–Crippen LogP) is 3.16. The van der Waals surface area contributed by atoms with E-state index in [4.69, 9.17) is 0 Å². The van der Waals surface area contributed by atoms with Gasteiger partial charge < -0.3 is 15.1 Å². The average molecular weight is 347 g/mol. The smallest absolute Gasteiger partial charge is 0.244 e. The third kappa shape index (κ3) is 4.50. The van der Waals surface area contributed by atoms with Gasteiger partial charge in [-0.05, 0) is 37.8 Å². The largest absolute Gasteiger partial charge is 0.370 e. The molecule has 0 aliphatic carbocycles. The highest BCUT2D eigenvalue weighted by Gasteiger charge is 2.22. The molecule has 2 heterocycles. The Hall–Kier alpha value is -2.11. The number of likely N-dealkylation sites (tertiary alicyclic amines) is 1. The first kappa shape index (κ1) is 17.7. The van der Waals surface area contributed by atoms with Crippen LogP contribution in [0.4, 0.5) is 15.8 Å². The highest BCUT2D eigenvalue weighted by atomic mass is 19.1. The molecule has 1 aromatic rings. The first-order valence-electron chi connectivity index (χ1n) is 9.26. The minimum atomic E-state index is -0.434. The number of halogens is 1. The highest BCUT2D eigenvalue weighted by molar-refractivity contribution is 5.97. The van der Waals surface area contributed by atoms with E-state index in [-0.39, 0.29) is 24.0 Å². The van der Waals surface area contributed by atoms with Crippen LogP contribution in [0.25, 0.3) is 0 Å². The lowest BCUT2D eigenvalue weighted by Crippen LogP contribution is -2.39. The molecule has 0 bridgehead atoms. The molecule has 3 rings (SSSR count).